The monoisotopic (exact) mass is 257 g/mol. The number of rotatable bonds is 8. The van der Waals surface area contributed by atoms with E-state index in [2.05, 4.69) is 5.32 Å². The van der Waals surface area contributed by atoms with Gasteiger partial charge in [0, 0.05) is 0 Å². The SMILES string of the molecule is CCC(C)C(NC(=O)C(N)C=CCCN)C(=O)O. The zero-order chi connectivity index (χ0) is 14.1. The first-order valence-corrected chi connectivity index (χ1v) is 6.09. The molecule has 0 aliphatic rings. The van der Waals surface area contributed by atoms with E-state index in [1.807, 2.05) is 6.92 Å². The van der Waals surface area contributed by atoms with Crippen LogP contribution in [0, 0.1) is 5.92 Å². The van der Waals surface area contributed by atoms with E-state index >= 15 is 0 Å². The average Bonchev–Trinajstić information content (AvgIpc) is 2.34. The highest BCUT2D eigenvalue weighted by Gasteiger charge is 2.26. The molecule has 104 valence electrons. The van der Waals surface area contributed by atoms with Gasteiger partial charge in [0.2, 0.25) is 5.91 Å². The van der Waals surface area contributed by atoms with Gasteiger partial charge in [0.25, 0.3) is 0 Å². The highest BCUT2D eigenvalue weighted by atomic mass is 16.4. The normalized spacial score (nSPS) is 16.2. The van der Waals surface area contributed by atoms with E-state index in [4.69, 9.17) is 16.6 Å². The fourth-order valence-electron chi connectivity index (χ4n) is 1.36. The number of aliphatic carboxylic acids is 1. The van der Waals surface area contributed by atoms with Crippen molar-refractivity contribution < 1.29 is 14.7 Å². The van der Waals surface area contributed by atoms with Crippen LogP contribution in [0.25, 0.3) is 0 Å². The molecule has 6 N–H and O–H groups in total. The second-order valence-corrected chi connectivity index (χ2v) is 4.24. The number of nitrogens with one attached hydrogen (secondary N) is 1. The molecule has 0 radical (unpaired) electrons. The number of hydrogen-bond donors (Lipinski definition) is 4. The summed E-state index contributed by atoms with van der Waals surface area (Å²) in [5.41, 5.74) is 10.9. The number of amides is 1. The minimum atomic E-state index is -1.05. The molecule has 0 rings (SSSR count). The summed E-state index contributed by atoms with van der Waals surface area (Å²) in [5, 5.41) is 11.5. The molecule has 0 bridgehead atoms. The molecule has 1 amide bonds. The molecule has 3 atom stereocenters. The highest BCUT2D eigenvalue weighted by molar-refractivity contribution is 5.88. The zero-order valence-corrected chi connectivity index (χ0v) is 10.9. The topological polar surface area (TPSA) is 118 Å². The molecule has 6 nitrogen and oxygen atoms in total. The second kappa shape index (κ2) is 8.66. The summed E-state index contributed by atoms with van der Waals surface area (Å²) in [6.07, 6.45) is 4.53. The van der Waals surface area contributed by atoms with Crippen LogP contribution in [0.15, 0.2) is 12.2 Å². The number of carbonyl (C=O) groups excluding carboxylic acids is 1. The van der Waals surface area contributed by atoms with Crippen molar-refractivity contribution >= 4 is 11.9 Å². The van der Waals surface area contributed by atoms with E-state index < -0.39 is 24.0 Å². The standard InChI is InChI=1S/C12H23N3O3/c1-3-8(2)10(12(17)18)15-11(16)9(14)6-4-5-7-13/h4,6,8-10H,3,5,7,13-14H2,1-2H3,(H,15,16)(H,17,18). The molecular weight excluding hydrogens is 234 g/mol. The summed E-state index contributed by atoms with van der Waals surface area (Å²) in [5.74, 6) is -1.68. The van der Waals surface area contributed by atoms with Crippen molar-refractivity contribution in [2.45, 2.75) is 38.8 Å². The Morgan fingerprint density at radius 1 is 1.44 bits per heavy atom. The second-order valence-electron chi connectivity index (χ2n) is 4.24. The van der Waals surface area contributed by atoms with Gasteiger partial charge in [-0.3, -0.25) is 4.79 Å². The van der Waals surface area contributed by atoms with Crippen LogP contribution in [0.2, 0.25) is 0 Å². The lowest BCUT2D eigenvalue weighted by Gasteiger charge is -2.21. The summed E-state index contributed by atoms with van der Waals surface area (Å²) in [6.45, 7) is 4.12. The smallest absolute Gasteiger partial charge is 0.326 e. The first-order valence-electron chi connectivity index (χ1n) is 6.09. The predicted molar refractivity (Wildman–Crippen MR) is 69.8 cm³/mol. The number of carboxylic acid groups (broad SMARTS) is 1. The van der Waals surface area contributed by atoms with Gasteiger partial charge in [-0.25, -0.2) is 4.79 Å². The molecule has 0 fully saturated rings. The van der Waals surface area contributed by atoms with E-state index in [0.29, 0.717) is 19.4 Å². The number of carboxylic acids is 1. The summed E-state index contributed by atoms with van der Waals surface area (Å²) >= 11 is 0. The van der Waals surface area contributed by atoms with Crippen LogP contribution in [0.4, 0.5) is 0 Å². The van der Waals surface area contributed by atoms with Gasteiger partial charge in [-0.1, -0.05) is 32.4 Å². The highest BCUT2D eigenvalue weighted by Crippen LogP contribution is 2.08. The Morgan fingerprint density at radius 3 is 2.50 bits per heavy atom. The van der Waals surface area contributed by atoms with Crippen molar-refractivity contribution in [1.82, 2.24) is 5.32 Å². The minimum absolute atomic E-state index is 0.147. The van der Waals surface area contributed by atoms with E-state index in [1.165, 1.54) is 6.08 Å². The first kappa shape index (κ1) is 16.6. The Labute approximate surface area is 107 Å². The summed E-state index contributed by atoms with van der Waals surface area (Å²) in [6, 6.07) is -1.75. The number of carbonyl (C=O) groups is 2. The van der Waals surface area contributed by atoms with Crippen molar-refractivity contribution in [2.75, 3.05) is 6.54 Å². The van der Waals surface area contributed by atoms with Gasteiger partial charge in [-0.05, 0) is 18.9 Å². The van der Waals surface area contributed by atoms with Crippen LogP contribution in [-0.2, 0) is 9.59 Å². The van der Waals surface area contributed by atoms with Gasteiger partial charge < -0.3 is 21.9 Å². The predicted octanol–water partition coefficient (Wildman–Crippen LogP) is -0.166. The van der Waals surface area contributed by atoms with Crippen molar-refractivity contribution in [3.05, 3.63) is 12.2 Å². The maximum atomic E-state index is 11.7. The first-order chi connectivity index (χ1) is 8.43. The van der Waals surface area contributed by atoms with Crippen LogP contribution in [-0.4, -0.2) is 35.6 Å². The van der Waals surface area contributed by atoms with Crippen molar-refractivity contribution in [3.8, 4) is 0 Å². The summed E-state index contributed by atoms with van der Waals surface area (Å²) < 4.78 is 0. The third-order valence-corrected chi connectivity index (χ3v) is 2.76. The van der Waals surface area contributed by atoms with E-state index in [9.17, 15) is 9.59 Å². The third-order valence-electron chi connectivity index (χ3n) is 2.76. The fourth-order valence-corrected chi connectivity index (χ4v) is 1.36. The quantitative estimate of drug-likeness (QED) is 0.450. The van der Waals surface area contributed by atoms with Gasteiger partial charge in [0.15, 0.2) is 0 Å². The molecule has 0 aromatic rings. The van der Waals surface area contributed by atoms with Gasteiger partial charge in [0.05, 0.1) is 0 Å². The Bertz CT molecular complexity index is 305. The van der Waals surface area contributed by atoms with Crippen LogP contribution in [0.1, 0.15) is 26.7 Å². The molecule has 3 unspecified atom stereocenters. The third kappa shape index (κ3) is 5.79. The molecular formula is C12H23N3O3. The van der Waals surface area contributed by atoms with Crippen LogP contribution >= 0.6 is 0 Å². The average molecular weight is 257 g/mol. The molecule has 0 aromatic carbocycles. The summed E-state index contributed by atoms with van der Waals surface area (Å²) in [4.78, 5) is 22.7. The van der Waals surface area contributed by atoms with E-state index in [1.54, 1.807) is 13.0 Å². The lowest BCUT2D eigenvalue weighted by Crippen LogP contribution is -2.50. The molecule has 0 saturated heterocycles. The molecule has 0 aromatic heterocycles. The lowest BCUT2D eigenvalue weighted by atomic mass is 9.99. The van der Waals surface area contributed by atoms with Gasteiger partial charge in [-0.2, -0.15) is 0 Å². The number of hydrogen-bond acceptors (Lipinski definition) is 4. The molecule has 0 saturated carbocycles. The Morgan fingerprint density at radius 2 is 2.06 bits per heavy atom. The Kier molecular flexibility index (Phi) is 7.98. The van der Waals surface area contributed by atoms with Crippen LogP contribution in [0.5, 0.6) is 0 Å². The summed E-state index contributed by atoms with van der Waals surface area (Å²) in [7, 11) is 0. The van der Waals surface area contributed by atoms with Gasteiger partial charge in [-0.15, -0.1) is 0 Å². The van der Waals surface area contributed by atoms with Crippen molar-refractivity contribution in [3.63, 3.8) is 0 Å². The van der Waals surface area contributed by atoms with Gasteiger partial charge in [0.1, 0.15) is 12.1 Å². The molecule has 0 aliphatic carbocycles. The van der Waals surface area contributed by atoms with Crippen LogP contribution < -0.4 is 16.8 Å². The van der Waals surface area contributed by atoms with E-state index in [-0.39, 0.29) is 5.92 Å². The zero-order valence-electron chi connectivity index (χ0n) is 10.9. The molecule has 0 heterocycles. The van der Waals surface area contributed by atoms with Crippen LogP contribution in [0.3, 0.4) is 0 Å². The molecule has 0 spiro atoms. The molecule has 18 heavy (non-hydrogen) atoms. The Balaban J connectivity index is 4.46. The lowest BCUT2D eigenvalue weighted by molar-refractivity contribution is -0.143. The maximum Gasteiger partial charge on any atom is 0.326 e. The minimum Gasteiger partial charge on any atom is -0.480 e. The van der Waals surface area contributed by atoms with E-state index in [0.717, 1.165) is 0 Å². The van der Waals surface area contributed by atoms with Crippen molar-refractivity contribution in [1.29, 1.82) is 0 Å². The maximum absolute atomic E-state index is 11.7. The molecule has 0 aliphatic heterocycles. The number of nitrogens with two attached hydrogens (primary N) is 2. The molecule has 6 heteroatoms. The largest absolute Gasteiger partial charge is 0.480 e. The van der Waals surface area contributed by atoms with Gasteiger partial charge >= 0.3 is 5.97 Å². The van der Waals surface area contributed by atoms with Crippen molar-refractivity contribution in [2.24, 2.45) is 17.4 Å². The fraction of sp³-hybridized carbons (Fsp3) is 0.667. The Hall–Kier alpha value is -1.40.